The lowest BCUT2D eigenvalue weighted by Gasteiger charge is -2.23. The number of carbonyl (C=O) groups excluding carboxylic acids is 3. The van der Waals surface area contributed by atoms with Gasteiger partial charge in [-0.2, -0.15) is 0 Å². The van der Waals surface area contributed by atoms with Crippen molar-refractivity contribution >= 4 is 29.3 Å². The molecule has 200 valence electrons. The van der Waals surface area contributed by atoms with Crippen molar-refractivity contribution in [1.82, 2.24) is 20.5 Å². The fourth-order valence-corrected chi connectivity index (χ4v) is 4.41. The van der Waals surface area contributed by atoms with Gasteiger partial charge >= 0.3 is 0 Å². The van der Waals surface area contributed by atoms with Crippen LogP contribution >= 0.6 is 11.6 Å². The Morgan fingerprint density at radius 3 is 2.66 bits per heavy atom. The molecule has 3 aromatic rings. The van der Waals surface area contributed by atoms with Gasteiger partial charge in [0, 0.05) is 38.0 Å². The number of oxazole rings is 1. The zero-order valence-corrected chi connectivity index (χ0v) is 22.0. The third kappa shape index (κ3) is 7.35. The number of hydrogen-bond donors (Lipinski definition) is 2. The first-order chi connectivity index (χ1) is 18.4. The highest BCUT2D eigenvalue weighted by atomic mass is 35.5. The smallest absolute Gasteiger partial charge is 0.275 e. The van der Waals surface area contributed by atoms with Crippen LogP contribution in [-0.2, 0) is 11.2 Å². The van der Waals surface area contributed by atoms with Crippen LogP contribution in [0.1, 0.15) is 51.6 Å². The molecule has 0 radical (unpaired) electrons. The molecule has 9 nitrogen and oxygen atoms in total. The summed E-state index contributed by atoms with van der Waals surface area (Å²) in [4.78, 5) is 45.3. The maximum Gasteiger partial charge on any atom is 0.275 e. The highest BCUT2D eigenvalue weighted by molar-refractivity contribution is 6.31. The van der Waals surface area contributed by atoms with Gasteiger partial charge in [-0.1, -0.05) is 41.9 Å². The van der Waals surface area contributed by atoms with Crippen LogP contribution in [0, 0.1) is 6.92 Å². The summed E-state index contributed by atoms with van der Waals surface area (Å²) < 4.78 is 11.2. The van der Waals surface area contributed by atoms with Gasteiger partial charge in [-0.3, -0.25) is 14.4 Å². The molecule has 1 atom stereocenters. The van der Waals surface area contributed by atoms with E-state index in [1.54, 1.807) is 24.0 Å². The van der Waals surface area contributed by atoms with Gasteiger partial charge in [0.2, 0.25) is 5.91 Å². The van der Waals surface area contributed by atoms with Crippen molar-refractivity contribution in [2.24, 2.45) is 0 Å². The summed E-state index contributed by atoms with van der Waals surface area (Å²) in [6, 6.07) is 13.5. The second-order valence-corrected chi connectivity index (χ2v) is 9.54. The van der Waals surface area contributed by atoms with Gasteiger partial charge in [-0.15, -0.1) is 0 Å². The second kappa shape index (κ2) is 13.1. The van der Waals surface area contributed by atoms with Crippen LogP contribution < -0.4 is 15.4 Å². The van der Waals surface area contributed by atoms with Gasteiger partial charge in [0.25, 0.3) is 11.8 Å². The average Bonchev–Trinajstić information content (AvgIpc) is 3.35. The van der Waals surface area contributed by atoms with Crippen LogP contribution in [0.15, 0.2) is 59.2 Å². The lowest BCUT2D eigenvalue weighted by atomic mass is 10.0. The van der Waals surface area contributed by atoms with E-state index in [0.717, 1.165) is 5.56 Å². The van der Waals surface area contributed by atoms with Crippen LogP contribution in [0.5, 0.6) is 5.75 Å². The second-order valence-electron chi connectivity index (χ2n) is 9.10. The van der Waals surface area contributed by atoms with Crippen molar-refractivity contribution in [3.05, 3.63) is 82.5 Å². The quantitative estimate of drug-likeness (QED) is 0.524. The van der Waals surface area contributed by atoms with Gasteiger partial charge in [-0.25, -0.2) is 4.98 Å². The SMILES string of the molecule is Cc1nc(C(=O)N2CCCCNC(=O)[C@H](Cc3ccccc3)NC(=O)c3cc(Cl)ccc3OCCC2)co1. The molecule has 10 heteroatoms. The number of hydrogen-bond acceptors (Lipinski definition) is 6. The third-order valence-corrected chi connectivity index (χ3v) is 6.44. The molecular weight excluding hydrogens is 508 g/mol. The molecule has 1 aliphatic heterocycles. The average molecular weight is 539 g/mol. The van der Waals surface area contributed by atoms with E-state index in [9.17, 15) is 14.4 Å². The fraction of sp³-hybridized carbons (Fsp3) is 0.357. The Labute approximate surface area is 226 Å². The first-order valence-electron chi connectivity index (χ1n) is 12.7. The first-order valence-corrected chi connectivity index (χ1v) is 13.0. The highest BCUT2D eigenvalue weighted by Crippen LogP contribution is 2.24. The summed E-state index contributed by atoms with van der Waals surface area (Å²) in [5.74, 6) is -0.189. The maximum absolute atomic E-state index is 13.3. The molecule has 0 aliphatic carbocycles. The van der Waals surface area contributed by atoms with Crippen LogP contribution in [0.2, 0.25) is 5.02 Å². The van der Waals surface area contributed by atoms with E-state index in [0.29, 0.717) is 62.0 Å². The van der Waals surface area contributed by atoms with E-state index >= 15 is 0 Å². The molecule has 0 saturated heterocycles. The molecule has 1 aromatic heterocycles. The number of aryl methyl sites for hydroxylation is 1. The van der Waals surface area contributed by atoms with Gasteiger partial charge in [0.15, 0.2) is 11.6 Å². The monoisotopic (exact) mass is 538 g/mol. The summed E-state index contributed by atoms with van der Waals surface area (Å²) in [7, 11) is 0. The molecular formula is C28H31ClN4O5. The van der Waals surface area contributed by atoms with Crippen LogP contribution in [0.25, 0.3) is 0 Å². The highest BCUT2D eigenvalue weighted by Gasteiger charge is 2.24. The van der Waals surface area contributed by atoms with E-state index in [-0.39, 0.29) is 29.7 Å². The van der Waals surface area contributed by atoms with Crippen LogP contribution in [-0.4, -0.2) is 59.9 Å². The van der Waals surface area contributed by atoms with Crippen molar-refractivity contribution in [2.45, 2.75) is 38.6 Å². The van der Waals surface area contributed by atoms with Crippen molar-refractivity contribution in [3.63, 3.8) is 0 Å². The van der Waals surface area contributed by atoms with Gasteiger partial charge < -0.3 is 24.7 Å². The van der Waals surface area contributed by atoms with E-state index in [1.165, 1.54) is 12.3 Å². The lowest BCUT2D eigenvalue weighted by Crippen LogP contribution is -2.48. The standard InChI is InChI=1S/C28H31ClN4O5/c1-19-31-24(18-38-19)28(36)33-13-6-5-12-30-27(35)23(16-20-8-3-2-4-9-20)32-26(34)22-17-21(29)10-11-25(22)37-15-7-14-33/h2-4,8-11,17-18,23H,5-7,12-16H2,1H3,(H,30,35)(H,32,34)/t23-/m0/s1. The number of aromatic nitrogens is 1. The zero-order valence-electron chi connectivity index (χ0n) is 21.2. The summed E-state index contributed by atoms with van der Waals surface area (Å²) in [5.41, 5.74) is 1.41. The number of ether oxygens (including phenoxy) is 1. The Bertz CT molecular complexity index is 1260. The Kier molecular flexibility index (Phi) is 9.37. The number of nitrogens with zero attached hydrogens (tertiary/aromatic N) is 2. The first kappa shape index (κ1) is 27.2. The number of fused-ring (bicyclic) bond motifs is 1. The predicted octanol–water partition coefficient (Wildman–Crippen LogP) is 3.80. The topological polar surface area (TPSA) is 114 Å². The molecule has 2 N–H and O–H groups in total. The van der Waals surface area contributed by atoms with E-state index in [2.05, 4.69) is 15.6 Å². The number of nitrogens with one attached hydrogen (secondary N) is 2. The Morgan fingerprint density at radius 2 is 1.89 bits per heavy atom. The van der Waals surface area contributed by atoms with E-state index in [1.807, 2.05) is 30.3 Å². The minimum Gasteiger partial charge on any atom is -0.493 e. The molecule has 0 unspecified atom stereocenters. The maximum atomic E-state index is 13.3. The molecule has 0 fully saturated rings. The summed E-state index contributed by atoms with van der Waals surface area (Å²) >= 11 is 6.19. The summed E-state index contributed by atoms with van der Waals surface area (Å²) in [5, 5.41) is 6.17. The Hall–Kier alpha value is -3.85. The molecule has 4 rings (SSSR count). The Morgan fingerprint density at radius 1 is 1.11 bits per heavy atom. The number of carbonyl (C=O) groups is 3. The van der Waals surface area contributed by atoms with Crippen molar-refractivity contribution < 1.29 is 23.5 Å². The molecule has 2 aromatic carbocycles. The third-order valence-electron chi connectivity index (χ3n) is 6.20. The minimum atomic E-state index is -0.793. The lowest BCUT2D eigenvalue weighted by molar-refractivity contribution is -0.122. The van der Waals surface area contributed by atoms with Crippen LogP contribution in [0.3, 0.4) is 0 Å². The van der Waals surface area contributed by atoms with Crippen molar-refractivity contribution in [1.29, 1.82) is 0 Å². The van der Waals surface area contributed by atoms with Crippen molar-refractivity contribution in [3.8, 4) is 5.75 Å². The largest absolute Gasteiger partial charge is 0.493 e. The molecule has 0 saturated carbocycles. The predicted molar refractivity (Wildman–Crippen MR) is 142 cm³/mol. The summed E-state index contributed by atoms with van der Waals surface area (Å²) in [6.07, 6.45) is 3.57. The van der Waals surface area contributed by atoms with Gasteiger partial charge in [0.05, 0.1) is 12.2 Å². The minimum absolute atomic E-state index is 0.221. The molecule has 3 amide bonds. The molecule has 1 aliphatic rings. The molecule has 38 heavy (non-hydrogen) atoms. The number of benzene rings is 2. The van der Waals surface area contributed by atoms with Gasteiger partial charge in [-0.05, 0) is 43.0 Å². The van der Waals surface area contributed by atoms with E-state index < -0.39 is 11.9 Å². The molecule has 2 heterocycles. The normalized spacial score (nSPS) is 17.6. The molecule has 0 bridgehead atoms. The van der Waals surface area contributed by atoms with Crippen molar-refractivity contribution in [2.75, 3.05) is 26.2 Å². The number of amides is 3. The Balaban J connectivity index is 1.54. The van der Waals surface area contributed by atoms with Crippen LogP contribution in [0.4, 0.5) is 0 Å². The number of halogens is 1. The fourth-order valence-electron chi connectivity index (χ4n) is 4.24. The van der Waals surface area contributed by atoms with E-state index in [4.69, 9.17) is 20.8 Å². The summed E-state index contributed by atoms with van der Waals surface area (Å²) in [6.45, 7) is 3.31. The van der Waals surface area contributed by atoms with Gasteiger partial charge in [0.1, 0.15) is 18.1 Å². The molecule has 0 spiro atoms. The number of rotatable bonds is 3. The zero-order chi connectivity index (χ0) is 26.9.